The van der Waals surface area contributed by atoms with E-state index in [4.69, 9.17) is 11.6 Å². The van der Waals surface area contributed by atoms with Crippen LogP contribution < -0.4 is 5.32 Å². The van der Waals surface area contributed by atoms with Crippen LogP contribution in [0.4, 0.5) is 5.69 Å². The molecular weight excluding hydrogens is 320 g/mol. The molecule has 1 N–H and O–H groups in total. The first-order chi connectivity index (χ1) is 10.5. The van der Waals surface area contributed by atoms with Gasteiger partial charge in [-0.2, -0.15) is 16.9 Å². The number of nitrogens with one attached hydrogen (secondary N) is 1. The number of hydrogen-bond donors (Lipinski definition) is 1. The summed E-state index contributed by atoms with van der Waals surface area (Å²) in [5.74, 6) is 0.628. The van der Waals surface area contributed by atoms with E-state index in [1.54, 1.807) is 35.0 Å². The fourth-order valence-corrected chi connectivity index (χ4v) is 2.73. The molecule has 0 saturated carbocycles. The number of halogens is 1. The van der Waals surface area contributed by atoms with E-state index in [-0.39, 0.29) is 17.0 Å². The Morgan fingerprint density at radius 1 is 1.45 bits per heavy atom. The van der Waals surface area contributed by atoms with Crippen molar-refractivity contribution in [3.63, 3.8) is 0 Å². The largest absolute Gasteiger partial charge is 0.322 e. The lowest BCUT2D eigenvalue weighted by molar-refractivity contribution is -0.118. The molecule has 0 aliphatic heterocycles. The van der Waals surface area contributed by atoms with Gasteiger partial charge in [-0.25, -0.2) is 4.68 Å². The lowest BCUT2D eigenvalue weighted by Gasteiger charge is -2.12. The van der Waals surface area contributed by atoms with Crippen LogP contribution in [0.25, 0.3) is 5.69 Å². The second kappa shape index (κ2) is 7.65. The fourth-order valence-electron chi connectivity index (χ4n) is 1.73. The summed E-state index contributed by atoms with van der Waals surface area (Å²) in [6, 6.07) is 3.68. The monoisotopic (exact) mass is 338 g/mol. The molecule has 5 nitrogen and oxygen atoms in total. The van der Waals surface area contributed by atoms with Gasteiger partial charge in [0.25, 0.3) is 0 Å². The molecule has 7 heteroatoms. The summed E-state index contributed by atoms with van der Waals surface area (Å²) >= 11 is 7.86. The summed E-state index contributed by atoms with van der Waals surface area (Å²) in [6.07, 6.45) is 5.06. The van der Waals surface area contributed by atoms with Gasteiger partial charge in [-0.05, 0) is 17.4 Å². The zero-order chi connectivity index (χ0) is 16.1. The number of aromatic nitrogens is 3. The van der Waals surface area contributed by atoms with Crippen LogP contribution in [0.3, 0.4) is 0 Å². The molecule has 0 bridgehead atoms. The fraction of sp³-hybridized carbons (Fsp3) is 0.400. The molecule has 0 aromatic carbocycles. The van der Waals surface area contributed by atoms with Crippen LogP contribution in [-0.4, -0.2) is 31.7 Å². The summed E-state index contributed by atoms with van der Waals surface area (Å²) in [6.45, 7) is 6.14. The Labute approximate surface area is 139 Å². The molecule has 118 valence electrons. The average molecular weight is 339 g/mol. The molecule has 2 rings (SSSR count). The van der Waals surface area contributed by atoms with Gasteiger partial charge in [0.15, 0.2) is 5.15 Å². The van der Waals surface area contributed by atoms with Crippen LogP contribution in [-0.2, 0) is 4.79 Å². The maximum absolute atomic E-state index is 12.2. The molecule has 0 spiro atoms. The molecule has 2 aromatic rings. The quantitative estimate of drug-likeness (QED) is 0.873. The average Bonchev–Trinajstić information content (AvgIpc) is 2.86. The lowest BCUT2D eigenvalue weighted by atomic mass is 10.2. The van der Waals surface area contributed by atoms with Crippen LogP contribution in [0.5, 0.6) is 0 Å². The molecule has 1 amide bonds. The smallest absolute Gasteiger partial charge is 0.228 e. The molecule has 0 saturated heterocycles. The molecule has 0 aliphatic carbocycles. The Bertz CT molecular complexity index is 630. The first kappa shape index (κ1) is 16.8. The number of hydrogen-bond acceptors (Lipinski definition) is 4. The highest BCUT2D eigenvalue weighted by Gasteiger charge is 2.17. The first-order valence-electron chi connectivity index (χ1n) is 7.05. The van der Waals surface area contributed by atoms with Crippen molar-refractivity contribution < 1.29 is 4.79 Å². The van der Waals surface area contributed by atoms with E-state index < -0.39 is 0 Å². The molecule has 0 aliphatic rings. The maximum Gasteiger partial charge on any atom is 0.228 e. The Hall–Kier alpha value is -1.53. The van der Waals surface area contributed by atoms with E-state index in [2.05, 4.69) is 29.2 Å². The molecule has 0 fully saturated rings. The van der Waals surface area contributed by atoms with Gasteiger partial charge in [-0.3, -0.25) is 9.78 Å². The number of carbonyl (C=O) groups is 1. The lowest BCUT2D eigenvalue weighted by Crippen LogP contribution is -2.22. The Morgan fingerprint density at radius 2 is 2.23 bits per heavy atom. The molecule has 0 radical (unpaired) electrons. The summed E-state index contributed by atoms with van der Waals surface area (Å²) in [5.41, 5.74) is 1.30. The SMILES string of the molecule is CC(C)SCC(C)C(=O)Nc1cn(-c2cccnc2)nc1Cl. The minimum Gasteiger partial charge on any atom is -0.322 e. The Balaban J connectivity index is 2.04. The predicted molar refractivity (Wildman–Crippen MR) is 91.8 cm³/mol. The molecule has 1 atom stereocenters. The third kappa shape index (κ3) is 4.48. The normalized spacial score (nSPS) is 12.4. The highest BCUT2D eigenvalue weighted by atomic mass is 35.5. The van der Waals surface area contributed by atoms with Crippen molar-refractivity contribution >= 4 is 35.0 Å². The van der Waals surface area contributed by atoms with E-state index >= 15 is 0 Å². The zero-order valence-corrected chi connectivity index (χ0v) is 14.4. The number of rotatable bonds is 6. The van der Waals surface area contributed by atoms with Crippen molar-refractivity contribution in [1.29, 1.82) is 0 Å². The number of carbonyl (C=O) groups excluding carboxylic acids is 1. The van der Waals surface area contributed by atoms with Gasteiger partial charge in [0.2, 0.25) is 5.91 Å². The number of amides is 1. The van der Waals surface area contributed by atoms with Gasteiger partial charge < -0.3 is 5.32 Å². The van der Waals surface area contributed by atoms with Crippen LogP contribution in [0.2, 0.25) is 5.15 Å². The third-order valence-electron chi connectivity index (χ3n) is 2.96. The molecule has 2 heterocycles. The summed E-state index contributed by atoms with van der Waals surface area (Å²) in [7, 11) is 0. The second-order valence-corrected chi connectivity index (χ2v) is 7.23. The van der Waals surface area contributed by atoms with E-state index in [0.717, 1.165) is 11.4 Å². The van der Waals surface area contributed by atoms with Crippen molar-refractivity contribution in [2.45, 2.75) is 26.0 Å². The third-order valence-corrected chi connectivity index (χ3v) is 4.60. The number of pyridine rings is 1. The van der Waals surface area contributed by atoms with Gasteiger partial charge in [-0.1, -0.05) is 32.4 Å². The minimum absolute atomic E-state index is 0.0548. The maximum atomic E-state index is 12.2. The van der Waals surface area contributed by atoms with Gasteiger partial charge in [0, 0.05) is 17.9 Å². The van der Waals surface area contributed by atoms with Crippen molar-refractivity contribution in [2.75, 3.05) is 11.1 Å². The number of anilines is 1. The van der Waals surface area contributed by atoms with Crippen LogP contribution >= 0.6 is 23.4 Å². The van der Waals surface area contributed by atoms with Crippen molar-refractivity contribution in [3.8, 4) is 5.69 Å². The molecule has 22 heavy (non-hydrogen) atoms. The zero-order valence-electron chi connectivity index (χ0n) is 12.8. The predicted octanol–water partition coefficient (Wildman–Crippen LogP) is 3.64. The first-order valence-corrected chi connectivity index (χ1v) is 8.48. The summed E-state index contributed by atoms with van der Waals surface area (Å²) < 4.78 is 1.60. The molecular formula is C15H19ClN4OS. The van der Waals surface area contributed by atoms with Crippen LogP contribution in [0.1, 0.15) is 20.8 Å². The van der Waals surface area contributed by atoms with E-state index in [0.29, 0.717) is 10.9 Å². The van der Waals surface area contributed by atoms with E-state index in [9.17, 15) is 4.79 Å². The van der Waals surface area contributed by atoms with Crippen molar-refractivity contribution in [2.24, 2.45) is 5.92 Å². The second-order valence-electron chi connectivity index (χ2n) is 5.26. The van der Waals surface area contributed by atoms with Crippen LogP contribution in [0, 0.1) is 5.92 Å². The standard InChI is InChI=1S/C15H19ClN4OS/c1-10(2)22-9-11(3)15(21)18-13-8-20(19-14(13)16)12-5-4-6-17-7-12/h4-8,10-11H,9H2,1-3H3,(H,18,21). The van der Waals surface area contributed by atoms with Crippen molar-refractivity contribution in [1.82, 2.24) is 14.8 Å². The topological polar surface area (TPSA) is 59.8 Å². The van der Waals surface area contributed by atoms with Crippen molar-refractivity contribution in [3.05, 3.63) is 35.9 Å². The number of thioether (sulfide) groups is 1. The highest BCUT2D eigenvalue weighted by Crippen LogP contribution is 2.23. The molecule has 1 unspecified atom stereocenters. The van der Waals surface area contributed by atoms with Gasteiger partial charge in [0.1, 0.15) is 0 Å². The Morgan fingerprint density at radius 3 is 2.86 bits per heavy atom. The van der Waals surface area contributed by atoms with E-state index in [1.807, 2.05) is 19.1 Å². The molecule has 2 aromatic heterocycles. The van der Waals surface area contributed by atoms with Crippen LogP contribution in [0.15, 0.2) is 30.7 Å². The van der Waals surface area contributed by atoms with E-state index in [1.165, 1.54) is 0 Å². The minimum atomic E-state index is -0.0924. The highest BCUT2D eigenvalue weighted by molar-refractivity contribution is 7.99. The number of nitrogens with zero attached hydrogens (tertiary/aromatic N) is 3. The summed E-state index contributed by atoms with van der Waals surface area (Å²) in [4.78, 5) is 16.2. The van der Waals surface area contributed by atoms with Gasteiger partial charge in [0.05, 0.1) is 23.8 Å². The van der Waals surface area contributed by atoms with Gasteiger partial charge >= 0.3 is 0 Å². The van der Waals surface area contributed by atoms with Gasteiger partial charge in [-0.15, -0.1) is 0 Å². The Kier molecular flexibility index (Phi) is 5.85. The summed E-state index contributed by atoms with van der Waals surface area (Å²) in [5, 5.41) is 7.80.